The van der Waals surface area contributed by atoms with Crippen molar-refractivity contribution in [1.82, 2.24) is 10.2 Å². The highest BCUT2D eigenvalue weighted by atomic mass is 35.5. The van der Waals surface area contributed by atoms with Crippen LogP contribution in [0.15, 0.2) is 18.2 Å². The summed E-state index contributed by atoms with van der Waals surface area (Å²) < 4.78 is 0. The lowest BCUT2D eigenvalue weighted by Gasteiger charge is -2.33. The van der Waals surface area contributed by atoms with Crippen LogP contribution in [0, 0.1) is 0 Å². The fourth-order valence-corrected chi connectivity index (χ4v) is 2.32. The van der Waals surface area contributed by atoms with Crippen LogP contribution in [0.3, 0.4) is 0 Å². The number of hydrogen-bond acceptors (Lipinski definition) is 3. The van der Waals surface area contributed by atoms with Gasteiger partial charge in [0.2, 0.25) is 0 Å². The second-order valence-electron chi connectivity index (χ2n) is 4.14. The first-order valence-corrected chi connectivity index (χ1v) is 6.00. The van der Waals surface area contributed by atoms with Gasteiger partial charge in [0.25, 0.3) is 0 Å². The van der Waals surface area contributed by atoms with Gasteiger partial charge in [-0.1, -0.05) is 23.7 Å². The number of nitrogens with one attached hydrogen (secondary N) is 1. The Morgan fingerprint density at radius 3 is 2.50 bits per heavy atom. The van der Waals surface area contributed by atoms with E-state index in [1.54, 1.807) is 6.07 Å². The van der Waals surface area contributed by atoms with Crippen molar-refractivity contribution in [2.24, 2.45) is 0 Å². The molecule has 0 radical (unpaired) electrons. The van der Waals surface area contributed by atoms with Gasteiger partial charge in [-0.05, 0) is 13.0 Å². The Morgan fingerprint density at radius 2 is 1.89 bits per heavy atom. The standard InChI is InChI=1S/C12H17ClN2O.2ClH/c1-9(15-7-5-14-6-8-15)10-3-2-4-11(13)12(10)16;;/h2-4,9,14,16H,5-8H2,1H3;2*1H/t9-;;/m0../s1. The zero-order valence-electron chi connectivity index (χ0n) is 10.2. The van der Waals surface area contributed by atoms with Gasteiger partial charge < -0.3 is 10.4 Å². The number of nitrogens with zero attached hydrogens (tertiary/aromatic N) is 1. The maximum Gasteiger partial charge on any atom is 0.138 e. The van der Waals surface area contributed by atoms with Gasteiger partial charge in [0.05, 0.1) is 5.02 Å². The van der Waals surface area contributed by atoms with Gasteiger partial charge in [0.15, 0.2) is 0 Å². The normalized spacial score (nSPS) is 17.4. The van der Waals surface area contributed by atoms with E-state index in [0.29, 0.717) is 5.02 Å². The van der Waals surface area contributed by atoms with E-state index < -0.39 is 0 Å². The summed E-state index contributed by atoms with van der Waals surface area (Å²) in [5.74, 6) is 0.218. The third kappa shape index (κ3) is 3.90. The lowest BCUT2D eigenvalue weighted by atomic mass is 10.1. The molecule has 1 fully saturated rings. The molecular formula is C12H19Cl3N2O. The van der Waals surface area contributed by atoms with E-state index in [1.807, 2.05) is 12.1 Å². The molecule has 1 aromatic carbocycles. The molecule has 1 saturated heterocycles. The molecule has 1 aliphatic rings. The van der Waals surface area contributed by atoms with Crippen molar-refractivity contribution in [3.63, 3.8) is 0 Å². The van der Waals surface area contributed by atoms with Gasteiger partial charge in [-0.3, -0.25) is 4.90 Å². The summed E-state index contributed by atoms with van der Waals surface area (Å²) in [7, 11) is 0. The number of benzene rings is 1. The van der Waals surface area contributed by atoms with Crippen LogP contribution in [0.5, 0.6) is 5.75 Å². The maximum atomic E-state index is 9.92. The van der Waals surface area contributed by atoms with Gasteiger partial charge in [0, 0.05) is 37.8 Å². The number of rotatable bonds is 2. The number of aromatic hydroxyl groups is 1. The summed E-state index contributed by atoms with van der Waals surface area (Å²) in [4.78, 5) is 2.35. The average molecular weight is 314 g/mol. The topological polar surface area (TPSA) is 35.5 Å². The monoisotopic (exact) mass is 312 g/mol. The molecule has 18 heavy (non-hydrogen) atoms. The van der Waals surface area contributed by atoms with Crippen LogP contribution < -0.4 is 5.32 Å². The van der Waals surface area contributed by atoms with E-state index in [1.165, 1.54) is 0 Å². The van der Waals surface area contributed by atoms with Crippen LogP contribution in [-0.4, -0.2) is 36.2 Å². The Labute approximate surface area is 125 Å². The van der Waals surface area contributed by atoms with Crippen LogP contribution in [0.25, 0.3) is 0 Å². The van der Waals surface area contributed by atoms with Crippen molar-refractivity contribution in [2.45, 2.75) is 13.0 Å². The van der Waals surface area contributed by atoms with Crippen LogP contribution in [0.2, 0.25) is 5.02 Å². The molecule has 1 atom stereocenters. The first-order chi connectivity index (χ1) is 7.70. The summed E-state index contributed by atoms with van der Waals surface area (Å²) >= 11 is 5.92. The first-order valence-electron chi connectivity index (χ1n) is 5.62. The highest BCUT2D eigenvalue weighted by Gasteiger charge is 2.20. The number of para-hydroxylation sites is 1. The van der Waals surface area contributed by atoms with Gasteiger partial charge in [-0.25, -0.2) is 0 Å². The zero-order valence-corrected chi connectivity index (χ0v) is 12.6. The molecule has 0 aromatic heterocycles. The molecule has 3 nitrogen and oxygen atoms in total. The number of phenolic OH excluding ortho intramolecular Hbond substituents is 1. The summed E-state index contributed by atoms with van der Waals surface area (Å²) in [6.07, 6.45) is 0. The van der Waals surface area contributed by atoms with Crippen molar-refractivity contribution >= 4 is 36.4 Å². The van der Waals surface area contributed by atoms with Crippen molar-refractivity contribution in [3.05, 3.63) is 28.8 Å². The molecular weight excluding hydrogens is 295 g/mol. The van der Waals surface area contributed by atoms with Crippen molar-refractivity contribution in [2.75, 3.05) is 26.2 Å². The second-order valence-corrected chi connectivity index (χ2v) is 4.55. The highest BCUT2D eigenvalue weighted by molar-refractivity contribution is 6.32. The van der Waals surface area contributed by atoms with Crippen molar-refractivity contribution < 1.29 is 5.11 Å². The molecule has 0 saturated carbocycles. The minimum Gasteiger partial charge on any atom is -0.506 e. The Hall–Kier alpha value is -0.190. The van der Waals surface area contributed by atoms with Crippen molar-refractivity contribution in [1.29, 1.82) is 0 Å². The minimum atomic E-state index is 0. The number of hydrogen-bond donors (Lipinski definition) is 2. The minimum absolute atomic E-state index is 0. The average Bonchev–Trinajstić information content (AvgIpc) is 2.33. The molecule has 1 aliphatic heterocycles. The smallest absolute Gasteiger partial charge is 0.138 e. The largest absolute Gasteiger partial charge is 0.506 e. The molecule has 2 N–H and O–H groups in total. The number of halogens is 3. The quantitative estimate of drug-likeness (QED) is 0.881. The lowest BCUT2D eigenvalue weighted by molar-refractivity contribution is 0.183. The van der Waals surface area contributed by atoms with E-state index in [9.17, 15) is 5.11 Å². The van der Waals surface area contributed by atoms with Gasteiger partial charge >= 0.3 is 0 Å². The van der Waals surface area contributed by atoms with E-state index in [-0.39, 0.29) is 36.6 Å². The third-order valence-corrected chi connectivity index (χ3v) is 3.47. The SMILES string of the molecule is C[C@@H](c1cccc(Cl)c1O)N1CCNCC1.Cl.Cl. The molecule has 104 valence electrons. The third-order valence-electron chi connectivity index (χ3n) is 3.17. The predicted octanol–water partition coefficient (Wildman–Crippen LogP) is 2.86. The second kappa shape index (κ2) is 8.08. The Bertz CT molecular complexity index is 370. The number of phenols is 1. The van der Waals surface area contributed by atoms with Gasteiger partial charge in [0.1, 0.15) is 5.75 Å². The Morgan fingerprint density at radius 1 is 1.28 bits per heavy atom. The van der Waals surface area contributed by atoms with Gasteiger partial charge in [-0.15, -0.1) is 24.8 Å². The van der Waals surface area contributed by atoms with E-state index in [2.05, 4.69) is 17.1 Å². The van der Waals surface area contributed by atoms with E-state index in [0.717, 1.165) is 31.7 Å². The number of piperazine rings is 1. The maximum absolute atomic E-state index is 9.92. The lowest BCUT2D eigenvalue weighted by Crippen LogP contribution is -2.44. The molecule has 0 amide bonds. The summed E-state index contributed by atoms with van der Waals surface area (Å²) in [6.45, 7) is 6.13. The summed E-state index contributed by atoms with van der Waals surface area (Å²) in [6, 6.07) is 5.75. The fourth-order valence-electron chi connectivity index (χ4n) is 2.14. The molecule has 1 aromatic rings. The molecule has 0 aliphatic carbocycles. The van der Waals surface area contributed by atoms with Crippen LogP contribution in [0.4, 0.5) is 0 Å². The van der Waals surface area contributed by atoms with Gasteiger partial charge in [-0.2, -0.15) is 0 Å². The van der Waals surface area contributed by atoms with E-state index in [4.69, 9.17) is 11.6 Å². The first kappa shape index (κ1) is 17.8. The Kier molecular flexibility index (Phi) is 7.99. The molecule has 0 bridgehead atoms. The van der Waals surface area contributed by atoms with Crippen LogP contribution in [0.1, 0.15) is 18.5 Å². The molecule has 0 unspecified atom stereocenters. The summed E-state index contributed by atoms with van der Waals surface area (Å²) in [5.41, 5.74) is 0.911. The molecule has 1 heterocycles. The predicted molar refractivity (Wildman–Crippen MR) is 80.5 cm³/mol. The zero-order chi connectivity index (χ0) is 11.5. The molecule has 2 rings (SSSR count). The molecule has 0 spiro atoms. The van der Waals surface area contributed by atoms with Crippen LogP contribution >= 0.6 is 36.4 Å². The highest BCUT2D eigenvalue weighted by Crippen LogP contribution is 2.33. The Balaban J connectivity index is 0.00000144. The molecule has 6 heteroatoms. The van der Waals surface area contributed by atoms with Crippen LogP contribution in [-0.2, 0) is 0 Å². The fraction of sp³-hybridized carbons (Fsp3) is 0.500. The van der Waals surface area contributed by atoms with Crippen molar-refractivity contribution in [3.8, 4) is 5.75 Å². The van der Waals surface area contributed by atoms with E-state index >= 15 is 0 Å². The summed E-state index contributed by atoms with van der Waals surface area (Å²) in [5, 5.41) is 13.7.